The van der Waals surface area contributed by atoms with Crippen LogP contribution < -0.4 is 9.47 Å². The van der Waals surface area contributed by atoms with E-state index in [-0.39, 0.29) is 0 Å². The molecular weight excluding hydrogens is 268 g/mol. The van der Waals surface area contributed by atoms with Crippen molar-refractivity contribution in [1.82, 2.24) is 9.97 Å². The van der Waals surface area contributed by atoms with Crippen LogP contribution in [0.2, 0.25) is 0 Å². The van der Waals surface area contributed by atoms with E-state index >= 15 is 0 Å². The largest absolute Gasteiger partial charge is 0.490 e. The Bertz CT molecular complexity index is 602. The summed E-state index contributed by atoms with van der Waals surface area (Å²) in [6, 6.07) is 7.11. The van der Waals surface area contributed by atoms with Crippen LogP contribution in [0.25, 0.3) is 0 Å². The lowest BCUT2D eigenvalue weighted by molar-refractivity contribution is 0.213. The zero-order valence-corrected chi connectivity index (χ0v) is 12.5. The number of aliphatic hydroxyl groups is 1. The predicted molar refractivity (Wildman–Crippen MR) is 79.6 cm³/mol. The summed E-state index contributed by atoms with van der Waals surface area (Å²) in [6.45, 7) is 6.72. The maximum absolute atomic E-state index is 10.4. The van der Waals surface area contributed by atoms with Gasteiger partial charge in [0.15, 0.2) is 11.5 Å². The van der Waals surface area contributed by atoms with Crippen LogP contribution in [0.5, 0.6) is 11.5 Å². The standard InChI is InChI=1S/C16H20N2O3/c1-4-20-14-7-6-12(10-15(14)21-5-2)16(19)13-8-9-17-11(3)18-13/h6-10,16,19H,4-5H2,1-3H3. The third-order valence-electron chi connectivity index (χ3n) is 2.96. The molecule has 2 aromatic rings. The summed E-state index contributed by atoms with van der Waals surface area (Å²) in [5.41, 5.74) is 1.27. The lowest BCUT2D eigenvalue weighted by atomic mass is 10.1. The van der Waals surface area contributed by atoms with Gasteiger partial charge in [-0.05, 0) is 44.5 Å². The number of hydrogen-bond acceptors (Lipinski definition) is 5. The highest BCUT2D eigenvalue weighted by atomic mass is 16.5. The molecule has 0 fully saturated rings. The van der Waals surface area contributed by atoms with Crippen LogP contribution in [0.1, 0.15) is 37.0 Å². The van der Waals surface area contributed by atoms with Crippen LogP contribution in [-0.2, 0) is 0 Å². The first kappa shape index (κ1) is 15.3. The van der Waals surface area contributed by atoms with Crippen molar-refractivity contribution in [3.8, 4) is 11.5 Å². The second kappa shape index (κ2) is 7.04. The number of hydrogen-bond donors (Lipinski definition) is 1. The van der Waals surface area contributed by atoms with Gasteiger partial charge in [0.2, 0.25) is 0 Å². The van der Waals surface area contributed by atoms with Gasteiger partial charge >= 0.3 is 0 Å². The zero-order chi connectivity index (χ0) is 15.2. The van der Waals surface area contributed by atoms with Crippen molar-refractivity contribution in [3.63, 3.8) is 0 Å². The van der Waals surface area contributed by atoms with Crippen LogP contribution in [0, 0.1) is 6.92 Å². The summed E-state index contributed by atoms with van der Waals surface area (Å²) in [6.07, 6.45) is 0.820. The highest BCUT2D eigenvalue weighted by molar-refractivity contribution is 5.44. The van der Waals surface area contributed by atoms with Crippen molar-refractivity contribution in [2.75, 3.05) is 13.2 Å². The first-order valence-electron chi connectivity index (χ1n) is 7.02. The minimum absolute atomic E-state index is 0.534. The van der Waals surface area contributed by atoms with Gasteiger partial charge in [0.05, 0.1) is 18.9 Å². The van der Waals surface area contributed by atoms with Gasteiger partial charge in [-0.3, -0.25) is 0 Å². The van der Waals surface area contributed by atoms with Crippen LogP contribution in [0.15, 0.2) is 30.5 Å². The van der Waals surface area contributed by atoms with E-state index in [2.05, 4.69) is 9.97 Å². The maximum atomic E-state index is 10.4. The van der Waals surface area contributed by atoms with Crippen molar-refractivity contribution in [3.05, 3.63) is 47.5 Å². The molecule has 5 nitrogen and oxygen atoms in total. The molecule has 1 aromatic carbocycles. The van der Waals surface area contributed by atoms with Gasteiger partial charge in [-0.15, -0.1) is 0 Å². The lowest BCUT2D eigenvalue weighted by Gasteiger charge is -2.15. The molecule has 0 aliphatic rings. The average molecular weight is 288 g/mol. The molecule has 1 aromatic heterocycles. The summed E-state index contributed by atoms with van der Waals surface area (Å²) < 4.78 is 11.1. The Kier molecular flexibility index (Phi) is 5.11. The second-order valence-corrected chi connectivity index (χ2v) is 4.50. The molecule has 1 N–H and O–H groups in total. The zero-order valence-electron chi connectivity index (χ0n) is 12.5. The highest BCUT2D eigenvalue weighted by Crippen LogP contribution is 2.32. The van der Waals surface area contributed by atoms with Gasteiger partial charge in [-0.1, -0.05) is 6.07 Å². The maximum Gasteiger partial charge on any atom is 0.161 e. The summed E-state index contributed by atoms with van der Waals surface area (Å²) in [7, 11) is 0. The Balaban J connectivity index is 2.32. The molecule has 5 heteroatoms. The number of aromatic nitrogens is 2. The molecule has 0 aliphatic carbocycles. The smallest absolute Gasteiger partial charge is 0.161 e. The normalized spacial score (nSPS) is 12.0. The van der Waals surface area contributed by atoms with Crippen LogP contribution in [-0.4, -0.2) is 28.3 Å². The molecule has 0 bridgehead atoms. The number of nitrogens with zero attached hydrogens (tertiary/aromatic N) is 2. The fourth-order valence-electron chi connectivity index (χ4n) is 2.04. The Labute approximate surface area is 124 Å². The van der Waals surface area contributed by atoms with Crippen LogP contribution in [0.3, 0.4) is 0 Å². The molecule has 1 unspecified atom stereocenters. The molecule has 0 aliphatic heterocycles. The van der Waals surface area contributed by atoms with Gasteiger partial charge in [0.25, 0.3) is 0 Å². The Morgan fingerprint density at radius 3 is 2.48 bits per heavy atom. The Hall–Kier alpha value is -2.14. The molecule has 0 saturated carbocycles. The summed E-state index contributed by atoms with van der Waals surface area (Å²) in [5.74, 6) is 1.93. The number of benzene rings is 1. The monoisotopic (exact) mass is 288 g/mol. The Morgan fingerprint density at radius 2 is 1.81 bits per heavy atom. The molecule has 1 atom stereocenters. The van der Waals surface area contributed by atoms with Crippen LogP contribution >= 0.6 is 0 Å². The van der Waals surface area contributed by atoms with E-state index in [1.807, 2.05) is 19.9 Å². The number of aryl methyl sites for hydroxylation is 1. The topological polar surface area (TPSA) is 64.5 Å². The van der Waals surface area contributed by atoms with E-state index in [0.29, 0.717) is 41.8 Å². The molecule has 21 heavy (non-hydrogen) atoms. The summed E-state index contributed by atoms with van der Waals surface area (Å²) in [5, 5.41) is 10.4. The minimum atomic E-state index is -0.818. The van der Waals surface area contributed by atoms with Gasteiger partial charge in [-0.2, -0.15) is 0 Å². The van der Waals surface area contributed by atoms with E-state index in [1.54, 1.807) is 31.3 Å². The molecule has 1 heterocycles. The van der Waals surface area contributed by atoms with Gasteiger partial charge in [0, 0.05) is 6.20 Å². The van der Waals surface area contributed by atoms with Crippen molar-refractivity contribution in [2.45, 2.75) is 26.9 Å². The molecule has 112 valence electrons. The SMILES string of the molecule is CCOc1ccc(C(O)c2ccnc(C)n2)cc1OCC. The van der Waals surface area contributed by atoms with E-state index in [0.717, 1.165) is 0 Å². The highest BCUT2D eigenvalue weighted by Gasteiger charge is 2.15. The van der Waals surface area contributed by atoms with Gasteiger partial charge in [-0.25, -0.2) is 9.97 Å². The first-order chi connectivity index (χ1) is 10.2. The lowest BCUT2D eigenvalue weighted by Crippen LogP contribution is -2.05. The fourth-order valence-corrected chi connectivity index (χ4v) is 2.04. The fraction of sp³-hybridized carbons (Fsp3) is 0.375. The molecule has 0 radical (unpaired) electrons. The second-order valence-electron chi connectivity index (χ2n) is 4.50. The molecule has 0 spiro atoms. The molecule has 0 saturated heterocycles. The summed E-state index contributed by atoms with van der Waals surface area (Å²) in [4.78, 5) is 8.29. The Morgan fingerprint density at radius 1 is 1.10 bits per heavy atom. The van der Waals surface area contributed by atoms with E-state index in [4.69, 9.17) is 9.47 Å². The first-order valence-corrected chi connectivity index (χ1v) is 7.02. The van der Waals surface area contributed by atoms with E-state index in [1.165, 1.54) is 0 Å². The number of rotatable bonds is 6. The van der Waals surface area contributed by atoms with Gasteiger partial charge in [0.1, 0.15) is 11.9 Å². The minimum Gasteiger partial charge on any atom is -0.490 e. The number of ether oxygens (including phenoxy) is 2. The van der Waals surface area contributed by atoms with E-state index in [9.17, 15) is 5.11 Å². The molecule has 0 amide bonds. The van der Waals surface area contributed by atoms with Crippen molar-refractivity contribution in [2.24, 2.45) is 0 Å². The predicted octanol–water partition coefficient (Wildman–Crippen LogP) is 2.66. The number of aliphatic hydroxyl groups excluding tert-OH is 1. The third kappa shape index (κ3) is 3.70. The van der Waals surface area contributed by atoms with Gasteiger partial charge < -0.3 is 14.6 Å². The molecule has 2 rings (SSSR count). The average Bonchev–Trinajstić information content (AvgIpc) is 2.49. The van der Waals surface area contributed by atoms with Crippen molar-refractivity contribution < 1.29 is 14.6 Å². The summed E-state index contributed by atoms with van der Waals surface area (Å²) >= 11 is 0. The van der Waals surface area contributed by atoms with Crippen molar-refractivity contribution >= 4 is 0 Å². The third-order valence-corrected chi connectivity index (χ3v) is 2.96. The van der Waals surface area contributed by atoms with Crippen molar-refractivity contribution in [1.29, 1.82) is 0 Å². The van der Waals surface area contributed by atoms with Crippen LogP contribution in [0.4, 0.5) is 0 Å². The molecular formula is C16H20N2O3. The quantitative estimate of drug-likeness (QED) is 0.885. The van der Waals surface area contributed by atoms with E-state index < -0.39 is 6.10 Å².